The maximum absolute atomic E-state index is 5.88. The number of nitrogens with zero attached hydrogens (tertiary/aromatic N) is 4. The SMILES string of the molecule is COc1ccc(CN2CCN(c3ccc(-c4nc5ccccc5o4)cc3)CC2)cn1. The lowest BCUT2D eigenvalue weighted by atomic mass is 10.1. The van der Waals surface area contributed by atoms with E-state index in [1.54, 1.807) is 7.11 Å². The fourth-order valence-electron chi connectivity index (χ4n) is 3.86. The summed E-state index contributed by atoms with van der Waals surface area (Å²) in [6.07, 6.45) is 1.90. The number of anilines is 1. The van der Waals surface area contributed by atoms with E-state index in [4.69, 9.17) is 9.15 Å². The lowest BCUT2D eigenvalue weighted by molar-refractivity contribution is 0.249. The normalized spacial score (nSPS) is 14.9. The number of piperazine rings is 1. The van der Waals surface area contributed by atoms with E-state index in [0.717, 1.165) is 49.4 Å². The molecule has 0 atom stereocenters. The molecule has 3 heterocycles. The van der Waals surface area contributed by atoms with Gasteiger partial charge >= 0.3 is 0 Å². The Labute approximate surface area is 175 Å². The van der Waals surface area contributed by atoms with Gasteiger partial charge in [-0.1, -0.05) is 18.2 Å². The zero-order valence-corrected chi connectivity index (χ0v) is 17.0. The van der Waals surface area contributed by atoms with Crippen LogP contribution in [0.4, 0.5) is 5.69 Å². The Morgan fingerprint density at radius 1 is 0.933 bits per heavy atom. The number of benzene rings is 2. The first kappa shape index (κ1) is 18.6. The molecule has 2 aromatic carbocycles. The van der Waals surface area contributed by atoms with Crippen LogP contribution < -0.4 is 9.64 Å². The van der Waals surface area contributed by atoms with E-state index in [0.29, 0.717) is 11.8 Å². The van der Waals surface area contributed by atoms with Crippen LogP contribution in [0.3, 0.4) is 0 Å². The second kappa shape index (κ2) is 8.16. The van der Waals surface area contributed by atoms with E-state index in [2.05, 4.69) is 50.1 Å². The van der Waals surface area contributed by atoms with E-state index < -0.39 is 0 Å². The second-order valence-electron chi connectivity index (χ2n) is 7.51. The Hall–Kier alpha value is -3.38. The van der Waals surface area contributed by atoms with Crippen LogP contribution >= 0.6 is 0 Å². The molecule has 1 aliphatic rings. The molecule has 2 aromatic heterocycles. The zero-order chi connectivity index (χ0) is 20.3. The number of hydrogen-bond donors (Lipinski definition) is 0. The van der Waals surface area contributed by atoms with E-state index >= 15 is 0 Å². The first-order chi connectivity index (χ1) is 14.8. The molecule has 30 heavy (non-hydrogen) atoms. The van der Waals surface area contributed by atoms with Crippen LogP contribution in [0.5, 0.6) is 5.88 Å². The van der Waals surface area contributed by atoms with Crippen LogP contribution in [-0.2, 0) is 6.54 Å². The minimum atomic E-state index is 0.657. The maximum Gasteiger partial charge on any atom is 0.227 e. The Morgan fingerprint density at radius 3 is 2.43 bits per heavy atom. The summed E-state index contributed by atoms with van der Waals surface area (Å²) >= 11 is 0. The number of para-hydroxylation sites is 2. The van der Waals surface area contributed by atoms with E-state index in [9.17, 15) is 0 Å². The summed E-state index contributed by atoms with van der Waals surface area (Å²) in [4.78, 5) is 13.8. The lowest BCUT2D eigenvalue weighted by Gasteiger charge is -2.36. The summed E-state index contributed by atoms with van der Waals surface area (Å²) in [5.74, 6) is 1.32. The van der Waals surface area contributed by atoms with Crippen LogP contribution in [-0.4, -0.2) is 48.2 Å². The molecule has 5 rings (SSSR count). The molecule has 0 N–H and O–H groups in total. The summed E-state index contributed by atoms with van der Waals surface area (Å²) < 4.78 is 11.0. The average Bonchev–Trinajstić information content (AvgIpc) is 3.25. The number of aromatic nitrogens is 2. The molecule has 0 bridgehead atoms. The van der Waals surface area contributed by atoms with Crippen LogP contribution in [0.25, 0.3) is 22.6 Å². The quantitative estimate of drug-likeness (QED) is 0.500. The number of rotatable bonds is 5. The summed E-state index contributed by atoms with van der Waals surface area (Å²) in [6, 6.07) is 20.4. The van der Waals surface area contributed by atoms with Gasteiger partial charge in [-0.2, -0.15) is 0 Å². The third-order valence-electron chi connectivity index (χ3n) is 5.56. The van der Waals surface area contributed by atoms with E-state index in [-0.39, 0.29) is 0 Å². The first-order valence-electron chi connectivity index (χ1n) is 10.2. The minimum Gasteiger partial charge on any atom is -0.481 e. The molecule has 0 saturated carbocycles. The van der Waals surface area contributed by atoms with Gasteiger partial charge in [-0.3, -0.25) is 4.90 Å². The van der Waals surface area contributed by atoms with Crippen molar-refractivity contribution in [3.63, 3.8) is 0 Å². The monoisotopic (exact) mass is 400 g/mol. The van der Waals surface area contributed by atoms with Crippen LogP contribution in [0, 0.1) is 0 Å². The highest BCUT2D eigenvalue weighted by Crippen LogP contribution is 2.26. The van der Waals surface area contributed by atoms with Gasteiger partial charge in [0.05, 0.1) is 7.11 Å². The molecular formula is C24H24N4O2. The number of methoxy groups -OCH3 is 1. The average molecular weight is 400 g/mol. The highest BCUT2D eigenvalue weighted by atomic mass is 16.5. The Bertz CT molecular complexity index is 1080. The number of fused-ring (bicyclic) bond motifs is 1. The summed E-state index contributed by atoms with van der Waals surface area (Å²) in [6.45, 7) is 4.98. The molecule has 4 aromatic rings. The van der Waals surface area contributed by atoms with Gasteiger partial charge in [0.2, 0.25) is 11.8 Å². The molecule has 0 aliphatic carbocycles. The van der Waals surface area contributed by atoms with E-state index in [1.807, 2.05) is 36.5 Å². The van der Waals surface area contributed by atoms with Crippen LogP contribution in [0.1, 0.15) is 5.56 Å². The van der Waals surface area contributed by atoms with Gasteiger partial charge in [0.25, 0.3) is 0 Å². The van der Waals surface area contributed by atoms with Gasteiger partial charge in [-0.05, 0) is 42.0 Å². The summed E-state index contributed by atoms with van der Waals surface area (Å²) in [7, 11) is 1.64. The standard InChI is InChI=1S/C24H24N4O2/c1-29-23-11-6-18(16-25-23)17-27-12-14-28(15-13-27)20-9-7-19(8-10-20)24-26-21-4-2-3-5-22(21)30-24/h2-11,16H,12-15,17H2,1H3. The third kappa shape index (κ3) is 3.86. The number of oxazole rings is 1. The van der Waals surface area contributed by atoms with Crippen LogP contribution in [0.2, 0.25) is 0 Å². The topological polar surface area (TPSA) is 54.6 Å². The molecule has 0 spiro atoms. The molecule has 0 radical (unpaired) electrons. The van der Waals surface area contributed by atoms with Gasteiger partial charge in [-0.25, -0.2) is 9.97 Å². The maximum atomic E-state index is 5.88. The van der Waals surface area contributed by atoms with Crippen molar-refractivity contribution in [1.29, 1.82) is 0 Å². The second-order valence-corrected chi connectivity index (χ2v) is 7.51. The Kier molecular flexibility index (Phi) is 5.07. The molecule has 6 nitrogen and oxygen atoms in total. The minimum absolute atomic E-state index is 0.657. The number of ether oxygens (including phenoxy) is 1. The van der Waals surface area contributed by atoms with Crippen molar-refractivity contribution in [2.24, 2.45) is 0 Å². The van der Waals surface area contributed by atoms with Crippen molar-refractivity contribution >= 4 is 16.8 Å². The Morgan fingerprint density at radius 2 is 1.73 bits per heavy atom. The molecule has 6 heteroatoms. The van der Waals surface area contributed by atoms with Gasteiger partial charge in [-0.15, -0.1) is 0 Å². The van der Waals surface area contributed by atoms with Gasteiger partial charge in [0.1, 0.15) is 5.52 Å². The van der Waals surface area contributed by atoms with Crippen molar-refractivity contribution in [2.75, 3.05) is 38.2 Å². The largest absolute Gasteiger partial charge is 0.481 e. The third-order valence-corrected chi connectivity index (χ3v) is 5.56. The van der Waals surface area contributed by atoms with E-state index in [1.165, 1.54) is 11.3 Å². The molecule has 0 amide bonds. The van der Waals surface area contributed by atoms with Crippen LogP contribution in [0.15, 0.2) is 71.3 Å². The summed E-state index contributed by atoms with van der Waals surface area (Å²) in [5, 5.41) is 0. The predicted molar refractivity (Wildman–Crippen MR) is 118 cm³/mol. The Balaban J connectivity index is 1.20. The molecular weight excluding hydrogens is 376 g/mol. The highest BCUT2D eigenvalue weighted by molar-refractivity contribution is 5.76. The number of pyridine rings is 1. The first-order valence-corrected chi connectivity index (χ1v) is 10.2. The fraction of sp³-hybridized carbons (Fsp3) is 0.250. The molecule has 1 saturated heterocycles. The van der Waals surface area contributed by atoms with Gasteiger partial charge < -0.3 is 14.1 Å². The fourth-order valence-corrected chi connectivity index (χ4v) is 3.86. The molecule has 1 fully saturated rings. The molecule has 1 aliphatic heterocycles. The van der Waals surface area contributed by atoms with Crippen molar-refractivity contribution in [3.8, 4) is 17.3 Å². The molecule has 152 valence electrons. The van der Waals surface area contributed by atoms with Crippen molar-refractivity contribution in [1.82, 2.24) is 14.9 Å². The van der Waals surface area contributed by atoms with Crippen molar-refractivity contribution in [3.05, 3.63) is 72.4 Å². The summed E-state index contributed by atoms with van der Waals surface area (Å²) in [5.41, 5.74) is 5.16. The van der Waals surface area contributed by atoms with Gasteiger partial charge in [0.15, 0.2) is 5.58 Å². The zero-order valence-electron chi connectivity index (χ0n) is 17.0. The number of hydrogen-bond acceptors (Lipinski definition) is 6. The van der Waals surface area contributed by atoms with Crippen molar-refractivity contribution in [2.45, 2.75) is 6.54 Å². The lowest BCUT2D eigenvalue weighted by Crippen LogP contribution is -2.45. The highest BCUT2D eigenvalue weighted by Gasteiger charge is 2.18. The predicted octanol–water partition coefficient (Wildman–Crippen LogP) is 4.22. The molecule has 0 unspecified atom stereocenters. The smallest absolute Gasteiger partial charge is 0.227 e. The van der Waals surface area contributed by atoms with Gasteiger partial charge in [0, 0.05) is 56.2 Å². The van der Waals surface area contributed by atoms with Crippen molar-refractivity contribution < 1.29 is 9.15 Å².